The maximum Gasteiger partial charge on any atom is 0.348 e. The number of aryl methyl sites for hydroxylation is 1. The number of hydrogen-bond donors (Lipinski definition) is 1. The molecule has 1 fully saturated rings. The highest BCUT2D eigenvalue weighted by Gasteiger charge is 2.24. The number of carbonyl (C=O) groups excluding carboxylic acids is 1. The molecule has 27 heavy (non-hydrogen) atoms. The minimum atomic E-state index is -0.438. The molecule has 7 nitrogen and oxygen atoms in total. The zero-order valence-electron chi connectivity index (χ0n) is 16.3. The number of fused-ring (bicyclic) bond motifs is 1. The summed E-state index contributed by atoms with van der Waals surface area (Å²) in [5, 5.41) is 0.475. The second kappa shape index (κ2) is 8.50. The number of carbonyl (C=O) groups is 1. The average Bonchev–Trinajstić information content (AvgIpc) is 2.91. The normalized spacial score (nSPS) is 20.9. The minimum absolute atomic E-state index is 0.184. The van der Waals surface area contributed by atoms with Gasteiger partial charge in [0, 0.05) is 20.2 Å². The van der Waals surface area contributed by atoms with Gasteiger partial charge >= 0.3 is 5.97 Å². The number of thiophene rings is 1. The maximum atomic E-state index is 12.6. The molecule has 0 amide bonds. The number of rotatable bonds is 6. The zero-order valence-corrected chi connectivity index (χ0v) is 17.1. The smallest absolute Gasteiger partial charge is 0.348 e. The number of piperidine rings is 1. The number of methoxy groups -OCH3 is 1. The van der Waals surface area contributed by atoms with Crippen molar-refractivity contribution in [2.45, 2.75) is 33.7 Å². The van der Waals surface area contributed by atoms with Gasteiger partial charge in [0.05, 0.1) is 18.5 Å². The molecule has 1 N–H and O–H groups in total. The molecule has 2 atom stereocenters. The Morgan fingerprint density at radius 2 is 2.00 bits per heavy atom. The summed E-state index contributed by atoms with van der Waals surface area (Å²) in [4.78, 5) is 35.8. The molecule has 1 aliphatic heterocycles. The number of ether oxygens (including phenoxy) is 2. The third-order valence-electron chi connectivity index (χ3n) is 4.87. The van der Waals surface area contributed by atoms with Crippen molar-refractivity contribution in [3.05, 3.63) is 26.6 Å². The van der Waals surface area contributed by atoms with Crippen molar-refractivity contribution in [1.29, 1.82) is 0 Å². The number of esters is 1. The summed E-state index contributed by atoms with van der Waals surface area (Å²) < 4.78 is 10.1. The molecule has 3 heterocycles. The topological polar surface area (TPSA) is 84.5 Å². The molecule has 0 radical (unpaired) electrons. The molecule has 0 saturated carbocycles. The first-order chi connectivity index (χ1) is 12.9. The molecule has 0 spiro atoms. The van der Waals surface area contributed by atoms with E-state index in [-0.39, 0.29) is 12.2 Å². The lowest BCUT2D eigenvalue weighted by atomic mass is 9.92. The van der Waals surface area contributed by atoms with Crippen molar-refractivity contribution >= 4 is 27.5 Å². The summed E-state index contributed by atoms with van der Waals surface area (Å²) in [5.74, 6) is 1.49. The second-order valence-corrected chi connectivity index (χ2v) is 8.52. The lowest BCUT2D eigenvalue weighted by molar-refractivity contribution is 0.0393. The monoisotopic (exact) mass is 393 g/mol. The summed E-state index contributed by atoms with van der Waals surface area (Å²) in [5.41, 5.74) is 0.427. The van der Waals surface area contributed by atoms with Crippen LogP contribution in [0, 0.1) is 18.8 Å². The molecule has 1 saturated heterocycles. The van der Waals surface area contributed by atoms with Crippen molar-refractivity contribution in [1.82, 2.24) is 14.9 Å². The predicted molar refractivity (Wildman–Crippen MR) is 105 cm³/mol. The third-order valence-corrected chi connectivity index (χ3v) is 6.04. The highest BCUT2D eigenvalue weighted by molar-refractivity contribution is 7.20. The van der Waals surface area contributed by atoms with Crippen molar-refractivity contribution in [2.75, 3.05) is 33.4 Å². The number of aromatic nitrogens is 2. The predicted octanol–water partition coefficient (Wildman–Crippen LogP) is 2.57. The number of H-pyrrole nitrogens is 1. The first-order valence-electron chi connectivity index (χ1n) is 9.29. The molecular weight excluding hydrogens is 366 g/mol. The molecule has 2 aromatic rings. The summed E-state index contributed by atoms with van der Waals surface area (Å²) in [6.45, 7) is 9.42. The Bertz CT molecular complexity index is 866. The van der Waals surface area contributed by atoms with E-state index >= 15 is 0 Å². The van der Waals surface area contributed by atoms with Gasteiger partial charge in [-0.3, -0.25) is 9.69 Å². The molecule has 0 aliphatic carbocycles. The van der Waals surface area contributed by atoms with Crippen LogP contribution in [0.15, 0.2) is 4.79 Å². The highest BCUT2D eigenvalue weighted by Crippen LogP contribution is 2.28. The largest absolute Gasteiger partial charge is 0.459 e. The van der Waals surface area contributed by atoms with Crippen LogP contribution < -0.4 is 5.56 Å². The summed E-state index contributed by atoms with van der Waals surface area (Å²) in [6, 6.07) is 0. The Labute approximate surface area is 162 Å². The van der Waals surface area contributed by atoms with Crippen molar-refractivity contribution in [3.63, 3.8) is 0 Å². The maximum absolute atomic E-state index is 12.6. The number of nitrogens with one attached hydrogen (secondary N) is 1. The minimum Gasteiger partial charge on any atom is -0.459 e. The fourth-order valence-electron chi connectivity index (χ4n) is 3.87. The molecule has 0 aromatic carbocycles. The van der Waals surface area contributed by atoms with Gasteiger partial charge in [0.15, 0.2) is 0 Å². The van der Waals surface area contributed by atoms with Crippen molar-refractivity contribution in [3.8, 4) is 0 Å². The van der Waals surface area contributed by atoms with Crippen LogP contribution in [0.5, 0.6) is 0 Å². The van der Waals surface area contributed by atoms with E-state index in [2.05, 4.69) is 28.7 Å². The fraction of sp³-hybridized carbons (Fsp3) is 0.632. The molecule has 2 aromatic heterocycles. The van der Waals surface area contributed by atoms with Crippen LogP contribution in [0.1, 0.15) is 41.3 Å². The number of nitrogens with zero attached hydrogens (tertiary/aromatic N) is 2. The average molecular weight is 394 g/mol. The number of likely N-dealkylation sites (tertiary alicyclic amines) is 1. The van der Waals surface area contributed by atoms with Crippen molar-refractivity contribution in [2.24, 2.45) is 11.8 Å². The molecule has 0 bridgehead atoms. The Morgan fingerprint density at radius 3 is 2.67 bits per heavy atom. The van der Waals surface area contributed by atoms with E-state index in [0.29, 0.717) is 51.5 Å². The van der Waals surface area contributed by atoms with E-state index in [1.54, 1.807) is 14.0 Å². The van der Waals surface area contributed by atoms with E-state index < -0.39 is 5.97 Å². The number of aromatic amines is 1. The van der Waals surface area contributed by atoms with Crippen LogP contribution in [0.3, 0.4) is 0 Å². The Morgan fingerprint density at radius 1 is 1.30 bits per heavy atom. The molecule has 8 heteroatoms. The second-order valence-electron chi connectivity index (χ2n) is 7.52. The van der Waals surface area contributed by atoms with Gasteiger partial charge in [-0.25, -0.2) is 9.78 Å². The van der Waals surface area contributed by atoms with Crippen LogP contribution >= 0.6 is 11.3 Å². The van der Waals surface area contributed by atoms with Gasteiger partial charge in [-0.2, -0.15) is 0 Å². The van der Waals surface area contributed by atoms with E-state index in [1.165, 1.54) is 17.8 Å². The molecule has 0 unspecified atom stereocenters. The van der Waals surface area contributed by atoms with E-state index in [0.717, 1.165) is 13.1 Å². The number of hydrogen-bond acceptors (Lipinski definition) is 7. The molecule has 1 aliphatic rings. The lowest BCUT2D eigenvalue weighted by Crippen LogP contribution is -2.38. The Hall–Kier alpha value is -1.77. The van der Waals surface area contributed by atoms with Crippen LogP contribution in [-0.4, -0.2) is 54.3 Å². The first kappa shape index (κ1) is 20.0. The van der Waals surface area contributed by atoms with E-state index in [9.17, 15) is 9.59 Å². The summed E-state index contributed by atoms with van der Waals surface area (Å²) >= 11 is 1.22. The summed E-state index contributed by atoms with van der Waals surface area (Å²) in [7, 11) is 1.55. The van der Waals surface area contributed by atoms with Crippen molar-refractivity contribution < 1.29 is 14.3 Å². The van der Waals surface area contributed by atoms with Gasteiger partial charge in [-0.1, -0.05) is 13.8 Å². The third kappa shape index (κ3) is 4.56. The van der Waals surface area contributed by atoms with Crippen LogP contribution in [0.4, 0.5) is 0 Å². The first-order valence-corrected chi connectivity index (χ1v) is 10.1. The SMILES string of the molecule is COCCOC(=O)c1sc2nc(CN3C[C@H](C)C[C@H](C)C3)[nH]c(=O)c2c1C. The van der Waals surface area contributed by atoms with Gasteiger partial charge in [-0.15, -0.1) is 11.3 Å². The Balaban J connectivity index is 1.83. The standard InChI is InChI=1S/C19H27N3O4S/c1-11-7-12(2)9-22(8-11)10-14-20-17(23)15-13(3)16(27-18(15)21-14)19(24)26-6-5-25-4/h11-12H,5-10H2,1-4H3,(H,20,21,23)/t11-,12+. The van der Waals surface area contributed by atoms with Gasteiger partial charge in [0.2, 0.25) is 0 Å². The van der Waals surface area contributed by atoms with Gasteiger partial charge in [0.25, 0.3) is 5.56 Å². The fourth-order valence-corrected chi connectivity index (χ4v) is 4.97. The lowest BCUT2D eigenvalue weighted by Gasteiger charge is -2.34. The van der Waals surface area contributed by atoms with Crippen LogP contribution in [0.2, 0.25) is 0 Å². The Kier molecular flexibility index (Phi) is 6.29. The molecule has 3 rings (SSSR count). The quantitative estimate of drug-likeness (QED) is 0.600. The van der Waals surface area contributed by atoms with E-state index in [4.69, 9.17) is 9.47 Å². The zero-order chi connectivity index (χ0) is 19.6. The van der Waals surface area contributed by atoms with E-state index in [1.807, 2.05) is 0 Å². The van der Waals surface area contributed by atoms with Gasteiger partial charge in [-0.05, 0) is 30.7 Å². The van der Waals surface area contributed by atoms with Gasteiger partial charge < -0.3 is 14.5 Å². The molecular formula is C19H27N3O4S. The molecule has 148 valence electrons. The van der Waals surface area contributed by atoms with Crippen LogP contribution in [-0.2, 0) is 16.0 Å². The van der Waals surface area contributed by atoms with Crippen LogP contribution in [0.25, 0.3) is 10.2 Å². The van der Waals surface area contributed by atoms with Gasteiger partial charge in [0.1, 0.15) is 22.1 Å². The summed E-state index contributed by atoms with van der Waals surface area (Å²) in [6.07, 6.45) is 1.23. The highest BCUT2D eigenvalue weighted by atomic mass is 32.1.